The molecule has 5 nitrogen and oxygen atoms in total. The molecule has 1 atom stereocenters. The maximum Gasteiger partial charge on any atom is 0.253 e. The molecule has 3 rings (SSSR count). The minimum absolute atomic E-state index is 0.00695. The van der Waals surface area contributed by atoms with Crippen molar-refractivity contribution < 1.29 is 9.59 Å². The van der Waals surface area contributed by atoms with Crippen LogP contribution in [0.4, 0.5) is 5.69 Å². The van der Waals surface area contributed by atoms with Crippen LogP contribution in [0.3, 0.4) is 0 Å². The zero-order valence-corrected chi connectivity index (χ0v) is 15.8. The molecule has 1 aromatic carbocycles. The highest BCUT2D eigenvalue weighted by molar-refractivity contribution is 7.09. The van der Waals surface area contributed by atoms with Gasteiger partial charge in [-0.2, -0.15) is 0 Å². The molecule has 2 amide bonds. The molecular formula is C20H25N3O2S. The van der Waals surface area contributed by atoms with Crippen LogP contribution in [0.25, 0.3) is 0 Å². The highest BCUT2D eigenvalue weighted by Crippen LogP contribution is 2.17. The van der Waals surface area contributed by atoms with Gasteiger partial charge in [-0.1, -0.05) is 12.1 Å². The topological polar surface area (TPSA) is 61.4 Å². The maximum atomic E-state index is 12.7. The molecule has 0 radical (unpaired) electrons. The van der Waals surface area contributed by atoms with Crippen molar-refractivity contribution in [3.8, 4) is 0 Å². The molecule has 0 saturated carbocycles. The maximum absolute atomic E-state index is 12.7. The zero-order valence-electron chi connectivity index (χ0n) is 15.0. The Labute approximate surface area is 158 Å². The molecule has 1 aliphatic rings. The fourth-order valence-electron chi connectivity index (χ4n) is 3.17. The van der Waals surface area contributed by atoms with E-state index < -0.39 is 0 Å². The monoisotopic (exact) mass is 371 g/mol. The standard InChI is InChI=1S/C20H25N3O2S/c1-23(17-10-11-21-14-17)20(25)15-5-2-6-16(13-15)22-19(24)9-3-7-18-8-4-12-26-18/h2,4-6,8,12-13,17,21H,3,7,9-11,14H2,1H3,(H,22,24). The summed E-state index contributed by atoms with van der Waals surface area (Å²) in [6, 6.07) is 11.6. The second-order valence-corrected chi connectivity index (χ2v) is 7.66. The van der Waals surface area contributed by atoms with Gasteiger partial charge in [-0.25, -0.2) is 0 Å². The van der Waals surface area contributed by atoms with E-state index in [4.69, 9.17) is 0 Å². The van der Waals surface area contributed by atoms with Gasteiger partial charge in [0.15, 0.2) is 0 Å². The van der Waals surface area contributed by atoms with E-state index in [1.807, 2.05) is 25.2 Å². The van der Waals surface area contributed by atoms with Gasteiger partial charge >= 0.3 is 0 Å². The Kier molecular flexibility index (Phi) is 6.41. The summed E-state index contributed by atoms with van der Waals surface area (Å²) in [5.41, 5.74) is 1.28. The summed E-state index contributed by atoms with van der Waals surface area (Å²) in [5, 5.41) is 8.24. The molecule has 26 heavy (non-hydrogen) atoms. The number of benzene rings is 1. The van der Waals surface area contributed by atoms with E-state index in [-0.39, 0.29) is 17.9 Å². The summed E-state index contributed by atoms with van der Waals surface area (Å²) in [5.74, 6) is -0.0213. The third-order valence-electron chi connectivity index (χ3n) is 4.70. The van der Waals surface area contributed by atoms with Crippen LogP contribution in [-0.4, -0.2) is 42.9 Å². The third-order valence-corrected chi connectivity index (χ3v) is 5.64. The second-order valence-electron chi connectivity index (χ2n) is 6.62. The Morgan fingerprint density at radius 2 is 2.19 bits per heavy atom. The second kappa shape index (κ2) is 8.96. The van der Waals surface area contributed by atoms with Crippen molar-refractivity contribution in [3.05, 3.63) is 52.2 Å². The first-order valence-corrected chi connectivity index (χ1v) is 9.91. The van der Waals surface area contributed by atoms with Gasteiger partial charge in [0.2, 0.25) is 5.91 Å². The fourth-order valence-corrected chi connectivity index (χ4v) is 3.92. The van der Waals surface area contributed by atoms with Gasteiger partial charge in [-0.15, -0.1) is 11.3 Å². The number of hydrogen-bond donors (Lipinski definition) is 2. The molecule has 2 N–H and O–H groups in total. The number of rotatable bonds is 7. The Morgan fingerprint density at radius 1 is 1.31 bits per heavy atom. The van der Waals surface area contributed by atoms with Crippen LogP contribution in [0.1, 0.15) is 34.5 Å². The van der Waals surface area contributed by atoms with E-state index in [1.54, 1.807) is 28.4 Å². The first kappa shape index (κ1) is 18.6. The largest absolute Gasteiger partial charge is 0.337 e. The summed E-state index contributed by atoms with van der Waals surface area (Å²) in [4.78, 5) is 27.9. The molecule has 0 bridgehead atoms. The van der Waals surface area contributed by atoms with Crippen molar-refractivity contribution in [1.29, 1.82) is 0 Å². The van der Waals surface area contributed by atoms with Crippen LogP contribution in [0.5, 0.6) is 0 Å². The number of anilines is 1. The summed E-state index contributed by atoms with van der Waals surface area (Å²) in [6.45, 7) is 1.78. The van der Waals surface area contributed by atoms with E-state index >= 15 is 0 Å². The molecule has 1 aliphatic heterocycles. The van der Waals surface area contributed by atoms with Gasteiger partial charge in [0.25, 0.3) is 5.91 Å². The molecular weight excluding hydrogens is 346 g/mol. The normalized spacial score (nSPS) is 16.4. The summed E-state index contributed by atoms with van der Waals surface area (Å²) in [6.07, 6.45) is 3.19. The SMILES string of the molecule is CN(C(=O)c1cccc(NC(=O)CCCc2cccs2)c1)C1CCNC1. The molecule has 0 spiro atoms. The summed E-state index contributed by atoms with van der Waals surface area (Å²) < 4.78 is 0. The Hall–Kier alpha value is -2.18. The number of amides is 2. The number of carbonyl (C=O) groups is 2. The quantitative estimate of drug-likeness (QED) is 0.786. The first-order valence-electron chi connectivity index (χ1n) is 9.03. The number of aryl methyl sites for hydroxylation is 1. The molecule has 138 valence electrons. The van der Waals surface area contributed by atoms with Crippen molar-refractivity contribution in [1.82, 2.24) is 10.2 Å². The lowest BCUT2D eigenvalue weighted by Gasteiger charge is -2.24. The van der Waals surface area contributed by atoms with Crippen LogP contribution in [0, 0.1) is 0 Å². The third kappa shape index (κ3) is 4.93. The average Bonchev–Trinajstić information content (AvgIpc) is 3.34. The minimum atomic E-state index is -0.0143. The molecule has 1 unspecified atom stereocenters. The number of nitrogens with zero attached hydrogens (tertiary/aromatic N) is 1. The number of nitrogens with one attached hydrogen (secondary N) is 2. The average molecular weight is 372 g/mol. The predicted octanol–water partition coefficient (Wildman–Crippen LogP) is 3.14. The lowest BCUT2D eigenvalue weighted by Crippen LogP contribution is -2.38. The molecule has 2 heterocycles. The van der Waals surface area contributed by atoms with E-state index in [9.17, 15) is 9.59 Å². The van der Waals surface area contributed by atoms with E-state index in [0.29, 0.717) is 17.7 Å². The highest BCUT2D eigenvalue weighted by atomic mass is 32.1. The number of hydrogen-bond acceptors (Lipinski definition) is 4. The van der Waals surface area contributed by atoms with Gasteiger partial charge in [-0.3, -0.25) is 9.59 Å². The molecule has 1 saturated heterocycles. The summed E-state index contributed by atoms with van der Waals surface area (Å²) >= 11 is 1.72. The van der Waals surface area contributed by atoms with Crippen LogP contribution in [0.15, 0.2) is 41.8 Å². The van der Waals surface area contributed by atoms with Crippen molar-refractivity contribution in [2.24, 2.45) is 0 Å². The smallest absolute Gasteiger partial charge is 0.253 e. The van der Waals surface area contributed by atoms with Crippen molar-refractivity contribution >= 4 is 28.8 Å². The van der Waals surface area contributed by atoms with Gasteiger partial charge in [-0.05, 0) is 55.5 Å². The molecule has 2 aromatic rings. The Morgan fingerprint density at radius 3 is 2.92 bits per heavy atom. The van der Waals surface area contributed by atoms with Gasteiger partial charge in [0, 0.05) is 42.2 Å². The predicted molar refractivity (Wildman–Crippen MR) is 106 cm³/mol. The van der Waals surface area contributed by atoms with Gasteiger partial charge in [0.1, 0.15) is 0 Å². The lowest BCUT2D eigenvalue weighted by molar-refractivity contribution is -0.116. The number of carbonyl (C=O) groups excluding carboxylic acids is 2. The van der Waals surface area contributed by atoms with Gasteiger partial charge in [0.05, 0.1) is 0 Å². The van der Waals surface area contributed by atoms with Crippen LogP contribution < -0.4 is 10.6 Å². The molecule has 1 aromatic heterocycles. The lowest BCUT2D eigenvalue weighted by atomic mass is 10.1. The van der Waals surface area contributed by atoms with E-state index in [2.05, 4.69) is 22.1 Å². The van der Waals surface area contributed by atoms with Crippen molar-refractivity contribution in [2.75, 3.05) is 25.5 Å². The van der Waals surface area contributed by atoms with Crippen LogP contribution >= 0.6 is 11.3 Å². The molecule has 1 fully saturated rings. The van der Waals surface area contributed by atoms with E-state index in [1.165, 1.54) is 4.88 Å². The van der Waals surface area contributed by atoms with Crippen LogP contribution in [0.2, 0.25) is 0 Å². The first-order chi connectivity index (χ1) is 12.6. The molecule has 0 aliphatic carbocycles. The van der Waals surface area contributed by atoms with E-state index in [0.717, 1.165) is 32.4 Å². The Bertz CT molecular complexity index is 739. The van der Waals surface area contributed by atoms with Gasteiger partial charge < -0.3 is 15.5 Å². The Balaban J connectivity index is 1.52. The zero-order chi connectivity index (χ0) is 18.4. The molecule has 6 heteroatoms. The summed E-state index contributed by atoms with van der Waals surface area (Å²) in [7, 11) is 1.84. The van der Waals surface area contributed by atoms with Crippen LogP contribution in [-0.2, 0) is 11.2 Å². The minimum Gasteiger partial charge on any atom is -0.337 e. The fraction of sp³-hybridized carbons (Fsp3) is 0.400. The highest BCUT2D eigenvalue weighted by Gasteiger charge is 2.24. The van der Waals surface area contributed by atoms with Crippen molar-refractivity contribution in [2.45, 2.75) is 31.7 Å². The van der Waals surface area contributed by atoms with Crippen molar-refractivity contribution in [3.63, 3.8) is 0 Å². The number of thiophene rings is 1. The number of likely N-dealkylation sites (N-methyl/N-ethyl adjacent to an activating group) is 1.